The van der Waals surface area contributed by atoms with E-state index < -0.39 is 0 Å². The Morgan fingerprint density at radius 2 is 2.28 bits per heavy atom. The molecule has 0 bridgehead atoms. The number of benzene rings is 1. The van der Waals surface area contributed by atoms with Crippen LogP contribution in [0.4, 0.5) is 0 Å². The highest BCUT2D eigenvalue weighted by molar-refractivity contribution is 5.77. The summed E-state index contributed by atoms with van der Waals surface area (Å²) in [7, 11) is 1.68. The molecule has 1 saturated heterocycles. The Balaban J connectivity index is 1.37. The lowest BCUT2D eigenvalue weighted by Gasteiger charge is -2.25. The molecule has 1 aromatic carbocycles. The molecule has 6 nitrogen and oxygen atoms in total. The lowest BCUT2D eigenvalue weighted by Crippen LogP contribution is -2.32. The molecule has 2 aromatic rings. The van der Waals surface area contributed by atoms with Gasteiger partial charge in [0.05, 0.1) is 13.2 Å². The molecule has 1 aromatic heterocycles. The molecule has 2 aliphatic heterocycles. The molecule has 1 amide bonds. The number of rotatable bonds is 6. The molecule has 4 rings (SSSR count). The molecular weight excluding hydrogens is 364 g/mol. The van der Waals surface area contributed by atoms with Crippen LogP contribution < -0.4 is 10.1 Å². The van der Waals surface area contributed by atoms with Crippen molar-refractivity contribution >= 4 is 5.91 Å². The standard InChI is InChI=1S/C23H30N4O2/c1-16-13-19(29-2)9-8-17(16)5-3-7-22(28)27-12-4-6-21(27)23-25-15-18-14-24-11-10-20(18)26-23/h8-9,13,15,21,24H,3-7,10-12,14H2,1-2H3/t21-/m0/s1. The Morgan fingerprint density at radius 1 is 1.38 bits per heavy atom. The predicted octanol–water partition coefficient (Wildman–Crippen LogP) is 3.13. The predicted molar refractivity (Wildman–Crippen MR) is 112 cm³/mol. The summed E-state index contributed by atoms with van der Waals surface area (Å²) >= 11 is 0. The van der Waals surface area contributed by atoms with Gasteiger partial charge in [-0.2, -0.15) is 0 Å². The fraction of sp³-hybridized carbons (Fsp3) is 0.522. The number of likely N-dealkylation sites (tertiary alicyclic amines) is 1. The molecule has 0 unspecified atom stereocenters. The van der Waals surface area contributed by atoms with Crippen LogP contribution in [0.25, 0.3) is 0 Å². The first-order chi connectivity index (χ1) is 14.2. The van der Waals surface area contributed by atoms with Crippen LogP contribution in [0.15, 0.2) is 24.4 Å². The molecule has 3 heterocycles. The summed E-state index contributed by atoms with van der Waals surface area (Å²) in [6.45, 7) is 4.71. The molecule has 0 radical (unpaired) electrons. The number of aromatic nitrogens is 2. The van der Waals surface area contributed by atoms with Gasteiger partial charge in [-0.05, 0) is 55.9 Å². The molecule has 0 spiro atoms. The second-order valence-electron chi connectivity index (χ2n) is 8.02. The fourth-order valence-corrected chi connectivity index (χ4v) is 4.40. The largest absolute Gasteiger partial charge is 0.497 e. The number of hydrogen-bond acceptors (Lipinski definition) is 5. The summed E-state index contributed by atoms with van der Waals surface area (Å²) in [4.78, 5) is 24.4. The van der Waals surface area contributed by atoms with Crippen molar-refractivity contribution < 1.29 is 9.53 Å². The average Bonchev–Trinajstić information content (AvgIpc) is 3.24. The van der Waals surface area contributed by atoms with E-state index in [9.17, 15) is 4.79 Å². The molecule has 29 heavy (non-hydrogen) atoms. The molecular formula is C23H30N4O2. The maximum Gasteiger partial charge on any atom is 0.223 e. The smallest absolute Gasteiger partial charge is 0.223 e. The zero-order valence-electron chi connectivity index (χ0n) is 17.4. The average molecular weight is 395 g/mol. The van der Waals surface area contributed by atoms with Crippen molar-refractivity contribution in [1.82, 2.24) is 20.2 Å². The third-order valence-corrected chi connectivity index (χ3v) is 6.08. The van der Waals surface area contributed by atoms with Crippen molar-refractivity contribution in [2.45, 2.75) is 58.0 Å². The van der Waals surface area contributed by atoms with Crippen molar-refractivity contribution in [1.29, 1.82) is 0 Å². The van der Waals surface area contributed by atoms with E-state index in [0.717, 1.165) is 69.0 Å². The number of methoxy groups -OCH3 is 1. The van der Waals surface area contributed by atoms with Gasteiger partial charge in [-0.25, -0.2) is 9.97 Å². The third kappa shape index (κ3) is 4.42. The second kappa shape index (κ2) is 8.91. The minimum Gasteiger partial charge on any atom is -0.497 e. The molecule has 1 fully saturated rings. The number of nitrogens with one attached hydrogen (secondary N) is 1. The maximum atomic E-state index is 12.9. The summed E-state index contributed by atoms with van der Waals surface area (Å²) in [5, 5.41) is 3.35. The molecule has 154 valence electrons. The first-order valence-electron chi connectivity index (χ1n) is 10.6. The van der Waals surface area contributed by atoms with Crippen molar-refractivity contribution in [2.75, 3.05) is 20.2 Å². The van der Waals surface area contributed by atoms with E-state index in [4.69, 9.17) is 9.72 Å². The lowest BCUT2D eigenvalue weighted by atomic mass is 10.0. The van der Waals surface area contributed by atoms with E-state index in [1.807, 2.05) is 17.2 Å². The summed E-state index contributed by atoms with van der Waals surface area (Å²) in [6.07, 6.45) is 7.19. The minimum absolute atomic E-state index is 0.0328. The van der Waals surface area contributed by atoms with Crippen LogP contribution in [-0.2, 0) is 24.2 Å². The van der Waals surface area contributed by atoms with Gasteiger partial charge in [-0.3, -0.25) is 4.79 Å². The van der Waals surface area contributed by atoms with Crippen LogP contribution in [0.1, 0.15) is 59.9 Å². The first kappa shape index (κ1) is 19.8. The van der Waals surface area contributed by atoms with E-state index >= 15 is 0 Å². The summed E-state index contributed by atoms with van der Waals surface area (Å²) in [5.74, 6) is 1.92. The molecule has 6 heteroatoms. The van der Waals surface area contributed by atoms with Gasteiger partial charge in [-0.15, -0.1) is 0 Å². The number of ether oxygens (including phenoxy) is 1. The molecule has 0 aliphatic carbocycles. The zero-order valence-corrected chi connectivity index (χ0v) is 17.4. The normalized spacial score (nSPS) is 18.6. The van der Waals surface area contributed by atoms with Gasteiger partial charge in [0.15, 0.2) is 5.82 Å². The summed E-state index contributed by atoms with van der Waals surface area (Å²) < 4.78 is 5.27. The van der Waals surface area contributed by atoms with Crippen LogP contribution in [0.2, 0.25) is 0 Å². The van der Waals surface area contributed by atoms with E-state index in [2.05, 4.69) is 29.4 Å². The Kier molecular flexibility index (Phi) is 6.09. The van der Waals surface area contributed by atoms with E-state index in [-0.39, 0.29) is 11.9 Å². The Hall–Kier alpha value is -2.47. The SMILES string of the molecule is COc1ccc(CCCC(=O)N2CCC[C@H]2c2ncc3c(n2)CCNC3)c(C)c1. The Labute approximate surface area is 172 Å². The van der Waals surface area contributed by atoms with Gasteiger partial charge in [0.1, 0.15) is 5.75 Å². The van der Waals surface area contributed by atoms with Crippen molar-refractivity contribution in [2.24, 2.45) is 0 Å². The van der Waals surface area contributed by atoms with E-state index in [1.165, 1.54) is 16.7 Å². The first-order valence-corrected chi connectivity index (χ1v) is 10.6. The number of amides is 1. The highest BCUT2D eigenvalue weighted by Crippen LogP contribution is 2.31. The van der Waals surface area contributed by atoms with Crippen molar-refractivity contribution in [3.8, 4) is 5.75 Å². The maximum absolute atomic E-state index is 12.9. The minimum atomic E-state index is 0.0328. The molecule has 1 N–H and O–H groups in total. The Bertz CT molecular complexity index is 883. The van der Waals surface area contributed by atoms with Gasteiger partial charge in [0.25, 0.3) is 0 Å². The van der Waals surface area contributed by atoms with Gasteiger partial charge in [0, 0.05) is 49.9 Å². The number of carbonyl (C=O) groups is 1. The number of aryl methyl sites for hydroxylation is 2. The monoisotopic (exact) mass is 394 g/mol. The van der Waals surface area contributed by atoms with Crippen LogP contribution in [-0.4, -0.2) is 41.0 Å². The lowest BCUT2D eigenvalue weighted by molar-refractivity contribution is -0.132. The van der Waals surface area contributed by atoms with Crippen LogP contribution >= 0.6 is 0 Å². The topological polar surface area (TPSA) is 67.3 Å². The third-order valence-electron chi connectivity index (χ3n) is 6.08. The summed E-state index contributed by atoms with van der Waals surface area (Å²) in [5.41, 5.74) is 4.82. The molecule has 2 aliphatic rings. The number of carbonyl (C=O) groups excluding carboxylic acids is 1. The number of hydrogen-bond donors (Lipinski definition) is 1. The van der Waals surface area contributed by atoms with E-state index in [1.54, 1.807) is 7.11 Å². The van der Waals surface area contributed by atoms with Gasteiger partial charge in [0.2, 0.25) is 5.91 Å². The van der Waals surface area contributed by atoms with Crippen LogP contribution in [0, 0.1) is 6.92 Å². The second-order valence-corrected chi connectivity index (χ2v) is 8.02. The van der Waals surface area contributed by atoms with Crippen LogP contribution in [0.3, 0.4) is 0 Å². The van der Waals surface area contributed by atoms with Gasteiger partial charge >= 0.3 is 0 Å². The molecule has 1 atom stereocenters. The Morgan fingerprint density at radius 3 is 3.10 bits per heavy atom. The van der Waals surface area contributed by atoms with Crippen LogP contribution in [0.5, 0.6) is 5.75 Å². The van der Waals surface area contributed by atoms with Crippen molar-refractivity contribution in [3.63, 3.8) is 0 Å². The fourth-order valence-electron chi connectivity index (χ4n) is 4.40. The number of nitrogens with zero attached hydrogens (tertiary/aromatic N) is 3. The van der Waals surface area contributed by atoms with Gasteiger partial charge < -0.3 is 15.0 Å². The van der Waals surface area contributed by atoms with Crippen molar-refractivity contribution in [3.05, 3.63) is 52.6 Å². The molecule has 0 saturated carbocycles. The van der Waals surface area contributed by atoms with E-state index in [0.29, 0.717) is 6.42 Å². The quantitative estimate of drug-likeness (QED) is 0.815. The zero-order chi connectivity index (χ0) is 20.2. The summed E-state index contributed by atoms with van der Waals surface area (Å²) in [6, 6.07) is 6.18. The number of fused-ring (bicyclic) bond motifs is 1. The highest BCUT2D eigenvalue weighted by atomic mass is 16.5. The van der Waals surface area contributed by atoms with Gasteiger partial charge in [-0.1, -0.05) is 6.07 Å². The highest BCUT2D eigenvalue weighted by Gasteiger charge is 2.32.